The van der Waals surface area contributed by atoms with Crippen molar-refractivity contribution in [3.8, 4) is 0 Å². The van der Waals surface area contributed by atoms with Gasteiger partial charge in [0.05, 0.1) is 0 Å². The summed E-state index contributed by atoms with van der Waals surface area (Å²) >= 11 is 0. The molecule has 31 heavy (non-hydrogen) atoms. The Morgan fingerprint density at radius 1 is 0.581 bits per heavy atom. The van der Waals surface area contributed by atoms with Gasteiger partial charge in [0, 0.05) is 5.41 Å². The van der Waals surface area contributed by atoms with Gasteiger partial charge >= 0.3 is 0 Å². The normalized spacial score (nSPS) is 29.1. The molecule has 4 saturated carbocycles. The van der Waals surface area contributed by atoms with Crippen LogP contribution in [-0.2, 0) is 4.79 Å². The second kappa shape index (κ2) is 7.31. The molecule has 3 aromatic rings. The summed E-state index contributed by atoms with van der Waals surface area (Å²) in [6, 6.07) is 32.3. The molecule has 2 heteroatoms. The van der Waals surface area contributed by atoms with Crippen LogP contribution in [0.5, 0.6) is 0 Å². The van der Waals surface area contributed by atoms with Gasteiger partial charge in [0.15, 0.2) is 0 Å². The summed E-state index contributed by atoms with van der Waals surface area (Å²) in [7, 11) is -2.85. The van der Waals surface area contributed by atoms with E-state index in [2.05, 4.69) is 91.0 Å². The molecule has 1 nitrogen and oxygen atoms in total. The van der Waals surface area contributed by atoms with Crippen LogP contribution in [0.4, 0.5) is 0 Å². The van der Waals surface area contributed by atoms with Crippen LogP contribution in [0, 0.1) is 23.2 Å². The molecule has 0 atom stereocenters. The molecule has 4 fully saturated rings. The Hall–Kier alpha value is -2.45. The molecule has 0 saturated heterocycles. The number of hydrogen-bond acceptors (Lipinski definition) is 1. The van der Waals surface area contributed by atoms with E-state index in [1.165, 1.54) is 34.8 Å². The predicted octanol–water partition coefficient (Wildman–Crippen LogP) is 4.48. The molecule has 156 valence electrons. The van der Waals surface area contributed by atoms with Gasteiger partial charge in [0.1, 0.15) is 5.41 Å². The topological polar surface area (TPSA) is 17.1 Å². The molecule has 0 radical (unpaired) electrons. The van der Waals surface area contributed by atoms with Crippen LogP contribution in [0.1, 0.15) is 38.5 Å². The number of carbonyl (C=O) groups is 1. The van der Waals surface area contributed by atoms with Crippen LogP contribution in [0.15, 0.2) is 91.0 Å². The summed E-state index contributed by atoms with van der Waals surface area (Å²) < 4.78 is 0. The molecule has 0 N–H and O–H groups in total. The highest BCUT2D eigenvalue weighted by molar-refractivity contribution is 7.30. The van der Waals surface area contributed by atoms with E-state index in [0.717, 1.165) is 37.0 Å². The van der Waals surface area contributed by atoms with Crippen molar-refractivity contribution in [3.05, 3.63) is 91.0 Å². The maximum absolute atomic E-state index is 15.2. The van der Waals surface area contributed by atoms with Crippen LogP contribution in [-0.4, -0.2) is 13.5 Å². The van der Waals surface area contributed by atoms with Crippen molar-refractivity contribution in [2.75, 3.05) is 0 Å². The van der Waals surface area contributed by atoms with Crippen molar-refractivity contribution in [2.45, 2.75) is 38.5 Å². The Morgan fingerprint density at radius 3 is 1.23 bits per heavy atom. The number of benzene rings is 3. The second-order valence-corrected chi connectivity index (χ2v) is 14.1. The van der Waals surface area contributed by atoms with E-state index in [9.17, 15) is 0 Å². The van der Waals surface area contributed by atoms with Gasteiger partial charge in [0.2, 0.25) is 8.07 Å². The van der Waals surface area contributed by atoms with Crippen LogP contribution >= 0.6 is 0 Å². The highest BCUT2D eigenvalue weighted by Crippen LogP contribution is 2.61. The Labute approximate surface area is 186 Å². The molecule has 0 amide bonds. The fourth-order valence-electron chi connectivity index (χ4n) is 7.74. The van der Waals surface area contributed by atoms with Crippen molar-refractivity contribution < 1.29 is 4.79 Å². The van der Waals surface area contributed by atoms with E-state index in [4.69, 9.17) is 0 Å². The Morgan fingerprint density at radius 2 is 0.903 bits per heavy atom. The predicted molar refractivity (Wildman–Crippen MR) is 130 cm³/mol. The molecule has 4 aliphatic carbocycles. The van der Waals surface area contributed by atoms with Gasteiger partial charge < -0.3 is 4.79 Å². The summed E-state index contributed by atoms with van der Waals surface area (Å²) in [5, 5.41) is 4.32. The minimum atomic E-state index is -2.85. The molecular formula is C29H30OSi. The maximum Gasteiger partial charge on any atom is 0.224 e. The highest BCUT2D eigenvalue weighted by atomic mass is 28.3. The third kappa shape index (κ3) is 2.91. The first-order valence-electron chi connectivity index (χ1n) is 11.9. The zero-order chi connectivity index (χ0) is 20.9. The largest absolute Gasteiger partial charge is 0.303 e. The highest BCUT2D eigenvalue weighted by Gasteiger charge is 2.61. The van der Waals surface area contributed by atoms with Gasteiger partial charge in [-0.05, 0) is 71.8 Å². The van der Waals surface area contributed by atoms with Crippen molar-refractivity contribution >= 4 is 29.0 Å². The van der Waals surface area contributed by atoms with Gasteiger partial charge in [0.25, 0.3) is 0 Å². The fraction of sp³-hybridized carbons (Fsp3) is 0.345. The number of rotatable bonds is 5. The molecule has 3 aromatic carbocycles. The molecule has 4 aliphatic rings. The Balaban J connectivity index is 1.62. The van der Waals surface area contributed by atoms with E-state index in [-0.39, 0.29) is 5.41 Å². The zero-order valence-electron chi connectivity index (χ0n) is 18.0. The summed E-state index contributed by atoms with van der Waals surface area (Å²) in [5.41, 5.74) is -0.123. The molecule has 0 spiro atoms. The lowest BCUT2D eigenvalue weighted by atomic mass is 9.50. The lowest BCUT2D eigenvalue weighted by molar-refractivity contribution is -0.135. The molecule has 0 heterocycles. The lowest BCUT2D eigenvalue weighted by Crippen LogP contribution is -2.76. The van der Waals surface area contributed by atoms with Gasteiger partial charge in [-0.2, -0.15) is 0 Å². The van der Waals surface area contributed by atoms with Crippen LogP contribution in [0.3, 0.4) is 0 Å². The summed E-state index contributed by atoms with van der Waals surface area (Å²) in [5.74, 6) is 2.30. The molecular weight excluding hydrogens is 392 g/mol. The first kappa shape index (κ1) is 19.2. The second-order valence-electron chi connectivity index (χ2n) is 10.4. The van der Waals surface area contributed by atoms with E-state index >= 15 is 4.79 Å². The quantitative estimate of drug-likeness (QED) is 0.438. The van der Waals surface area contributed by atoms with Gasteiger partial charge in [-0.3, -0.25) is 0 Å². The Bertz CT molecular complexity index is 942. The van der Waals surface area contributed by atoms with Crippen molar-refractivity contribution in [1.29, 1.82) is 0 Å². The zero-order valence-corrected chi connectivity index (χ0v) is 19.0. The summed E-state index contributed by atoms with van der Waals surface area (Å²) in [4.78, 5) is 15.2. The standard InChI is InChI=1S/C29H30OSi/c30-28(29-19-22-16-23(20-29)18-24(17-22)21-29)31(25-10-4-1-5-11-25,26-12-6-2-7-13-26)27-14-8-3-9-15-27/h1-15,22-24H,16-21H2. The van der Waals surface area contributed by atoms with Crippen LogP contribution in [0.2, 0.25) is 0 Å². The van der Waals surface area contributed by atoms with Crippen LogP contribution < -0.4 is 15.6 Å². The van der Waals surface area contributed by atoms with Gasteiger partial charge in [-0.1, -0.05) is 91.0 Å². The van der Waals surface area contributed by atoms with Crippen molar-refractivity contribution in [1.82, 2.24) is 0 Å². The van der Waals surface area contributed by atoms with Crippen molar-refractivity contribution in [3.63, 3.8) is 0 Å². The summed E-state index contributed by atoms with van der Waals surface area (Å²) in [6.45, 7) is 0. The van der Waals surface area contributed by atoms with Crippen molar-refractivity contribution in [2.24, 2.45) is 23.2 Å². The SMILES string of the molecule is O=C(C12CC3CC(CC(C3)C1)C2)[Si](c1ccccc1)(c1ccccc1)c1ccccc1. The fourth-order valence-corrected chi connectivity index (χ4v) is 12.7. The number of hydrogen-bond donors (Lipinski definition) is 0. The van der Waals surface area contributed by atoms with Gasteiger partial charge in [-0.25, -0.2) is 0 Å². The lowest BCUT2D eigenvalue weighted by Gasteiger charge is -2.58. The average Bonchev–Trinajstić information content (AvgIpc) is 2.81. The monoisotopic (exact) mass is 422 g/mol. The third-order valence-corrected chi connectivity index (χ3v) is 13.3. The molecule has 0 aliphatic heterocycles. The van der Waals surface area contributed by atoms with Gasteiger partial charge in [-0.15, -0.1) is 0 Å². The number of carbonyl (C=O) groups excluding carboxylic acids is 1. The minimum absolute atomic E-state index is 0.123. The minimum Gasteiger partial charge on any atom is -0.303 e. The first-order chi connectivity index (χ1) is 15.2. The molecule has 0 unspecified atom stereocenters. The van der Waals surface area contributed by atoms with E-state index in [0.29, 0.717) is 5.41 Å². The molecule has 0 aromatic heterocycles. The van der Waals surface area contributed by atoms with Crippen LogP contribution in [0.25, 0.3) is 0 Å². The molecule has 4 bridgehead atoms. The smallest absolute Gasteiger partial charge is 0.224 e. The van der Waals surface area contributed by atoms with E-state index in [1.807, 2.05) is 0 Å². The maximum atomic E-state index is 15.2. The summed E-state index contributed by atoms with van der Waals surface area (Å²) in [6.07, 6.45) is 7.46. The van der Waals surface area contributed by atoms with E-state index in [1.54, 1.807) is 0 Å². The molecule has 7 rings (SSSR count). The van der Waals surface area contributed by atoms with E-state index < -0.39 is 8.07 Å². The average molecular weight is 423 g/mol. The third-order valence-electron chi connectivity index (χ3n) is 8.48. The first-order valence-corrected chi connectivity index (χ1v) is 13.9. The Kier molecular flexibility index (Phi) is 4.54.